The van der Waals surface area contributed by atoms with Crippen LogP contribution >= 0.6 is 0 Å². The Morgan fingerprint density at radius 3 is 1.50 bits per heavy atom. The SMILES string of the molecule is C=CS(=O)(=O)C(=C(C)O)S(=O)(=O)C=C. The minimum Gasteiger partial charge on any atom is -0.510 e. The number of aliphatic hydroxyl groups excluding tert-OH is 1. The Morgan fingerprint density at radius 2 is 1.36 bits per heavy atom. The zero-order valence-electron chi connectivity index (χ0n) is 7.47. The first-order valence-corrected chi connectivity index (χ1v) is 6.43. The van der Waals surface area contributed by atoms with Crippen LogP contribution in [0.2, 0.25) is 0 Å². The number of allylic oxidation sites excluding steroid dienone is 1. The summed E-state index contributed by atoms with van der Waals surface area (Å²) >= 11 is 0. The normalized spacial score (nSPS) is 11.8. The summed E-state index contributed by atoms with van der Waals surface area (Å²) in [5, 5.41) is 9.87. The number of hydrogen-bond acceptors (Lipinski definition) is 5. The number of hydrogen-bond donors (Lipinski definition) is 1. The molecule has 5 nitrogen and oxygen atoms in total. The maximum Gasteiger partial charge on any atom is 0.213 e. The standard InChI is InChI=1S/C7H10O5S2/c1-4-13(9,10)7(6(3)8)14(11,12)5-2/h4-5,8H,1-2H2,3H3. The zero-order valence-corrected chi connectivity index (χ0v) is 9.10. The maximum atomic E-state index is 11.2. The Bertz CT molecular complexity index is 434. The van der Waals surface area contributed by atoms with E-state index >= 15 is 0 Å². The van der Waals surface area contributed by atoms with Crippen molar-refractivity contribution < 1.29 is 21.9 Å². The van der Waals surface area contributed by atoms with Gasteiger partial charge < -0.3 is 5.11 Å². The molecular formula is C7H10O5S2. The molecular weight excluding hydrogens is 228 g/mol. The fourth-order valence-corrected chi connectivity index (χ4v) is 3.55. The lowest BCUT2D eigenvalue weighted by Gasteiger charge is -2.03. The fraction of sp³-hybridized carbons (Fsp3) is 0.143. The summed E-state index contributed by atoms with van der Waals surface area (Å²) in [4.78, 5) is 0. The van der Waals surface area contributed by atoms with E-state index in [0.717, 1.165) is 6.92 Å². The van der Waals surface area contributed by atoms with Crippen LogP contribution in [0.4, 0.5) is 0 Å². The van der Waals surface area contributed by atoms with Crippen molar-refractivity contribution in [2.75, 3.05) is 0 Å². The molecule has 0 aliphatic heterocycles. The molecule has 0 aliphatic rings. The van der Waals surface area contributed by atoms with Gasteiger partial charge in [0.1, 0.15) is 5.76 Å². The lowest BCUT2D eigenvalue weighted by Crippen LogP contribution is -2.11. The van der Waals surface area contributed by atoms with Gasteiger partial charge in [0.2, 0.25) is 23.9 Å². The van der Waals surface area contributed by atoms with Crippen LogP contribution in [0.15, 0.2) is 34.0 Å². The molecule has 0 aliphatic carbocycles. The minimum atomic E-state index is -4.20. The average Bonchev–Trinajstić information content (AvgIpc) is 2.02. The Kier molecular flexibility index (Phi) is 3.66. The highest BCUT2D eigenvalue weighted by atomic mass is 32.3. The molecule has 1 N–H and O–H groups in total. The monoisotopic (exact) mass is 238 g/mol. The van der Waals surface area contributed by atoms with Crippen molar-refractivity contribution in [2.45, 2.75) is 6.92 Å². The average molecular weight is 238 g/mol. The highest BCUT2D eigenvalue weighted by molar-refractivity contribution is 8.16. The fourth-order valence-electron chi connectivity index (χ4n) is 0.725. The lowest BCUT2D eigenvalue weighted by atomic mass is 10.7. The molecule has 7 heteroatoms. The van der Waals surface area contributed by atoms with Crippen LogP contribution in [0.3, 0.4) is 0 Å². The largest absolute Gasteiger partial charge is 0.510 e. The topological polar surface area (TPSA) is 88.5 Å². The van der Waals surface area contributed by atoms with Crippen LogP contribution in [-0.4, -0.2) is 21.9 Å². The first kappa shape index (κ1) is 12.9. The van der Waals surface area contributed by atoms with Crippen molar-refractivity contribution in [1.29, 1.82) is 0 Å². The van der Waals surface area contributed by atoms with Crippen molar-refractivity contribution in [2.24, 2.45) is 0 Å². The van der Waals surface area contributed by atoms with Gasteiger partial charge in [0.05, 0.1) is 0 Å². The van der Waals surface area contributed by atoms with Crippen molar-refractivity contribution in [1.82, 2.24) is 0 Å². The van der Waals surface area contributed by atoms with Crippen LogP contribution in [-0.2, 0) is 19.7 Å². The van der Waals surface area contributed by atoms with E-state index in [0.29, 0.717) is 10.8 Å². The number of rotatable bonds is 4. The molecule has 0 spiro atoms. The van der Waals surface area contributed by atoms with Crippen LogP contribution in [0.25, 0.3) is 0 Å². The van der Waals surface area contributed by atoms with Gasteiger partial charge in [-0.1, -0.05) is 13.2 Å². The van der Waals surface area contributed by atoms with Crippen LogP contribution in [0, 0.1) is 0 Å². The summed E-state index contributed by atoms with van der Waals surface area (Å²) < 4.78 is 43.6. The van der Waals surface area contributed by atoms with Gasteiger partial charge in [0, 0.05) is 10.8 Å². The molecule has 80 valence electrons. The highest BCUT2D eigenvalue weighted by Crippen LogP contribution is 2.20. The van der Waals surface area contributed by atoms with Gasteiger partial charge in [-0.2, -0.15) is 0 Å². The third-order valence-electron chi connectivity index (χ3n) is 1.25. The van der Waals surface area contributed by atoms with Crippen LogP contribution in [0.1, 0.15) is 6.92 Å². The quantitative estimate of drug-likeness (QED) is 0.733. The van der Waals surface area contributed by atoms with E-state index in [9.17, 15) is 16.8 Å². The molecule has 0 atom stereocenters. The summed E-state index contributed by atoms with van der Waals surface area (Å²) in [6, 6.07) is 0. The number of sulfone groups is 2. The molecule has 0 rings (SSSR count). The van der Waals surface area contributed by atoms with E-state index in [1.54, 1.807) is 0 Å². The van der Waals surface area contributed by atoms with Crippen molar-refractivity contribution in [3.8, 4) is 0 Å². The smallest absolute Gasteiger partial charge is 0.213 e. The second-order valence-corrected chi connectivity index (χ2v) is 6.22. The highest BCUT2D eigenvalue weighted by Gasteiger charge is 2.28. The molecule has 0 unspecified atom stereocenters. The molecule has 0 heterocycles. The molecule has 14 heavy (non-hydrogen) atoms. The van der Waals surface area contributed by atoms with E-state index in [1.165, 1.54) is 0 Å². The predicted molar refractivity (Wildman–Crippen MR) is 53.6 cm³/mol. The summed E-state index contributed by atoms with van der Waals surface area (Å²) in [5.74, 6) is -0.815. The van der Waals surface area contributed by atoms with Crippen molar-refractivity contribution in [3.63, 3.8) is 0 Å². The lowest BCUT2D eigenvalue weighted by molar-refractivity contribution is 0.413. The molecule has 0 amide bonds. The van der Waals surface area contributed by atoms with E-state index in [2.05, 4.69) is 13.2 Å². The molecule has 0 saturated carbocycles. The predicted octanol–water partition coefficient (Wildman–Crippen LogP) is 0.850. The van der Waals surface area contributed by atoms with Crippen LogP contribution in [0.5, 0.6) is 0 Å². The third-order valence-corrected chi connectivity index (χ3v) is 5.15. The van der Waals surface area contributed by atoms with E-state index in [-0.39, 0.29) is 0 Å². The molecule has 0 aromatic heterocycles. The van der Waals surface area contributed by atoms with Crippen molar-refractivity contribution >= 4 is 19.7 Å². The van der Waals surface area contributed by atoms with Gasteiger partial charge in [-0.15, -0.1) is 0 Å². The minimum absolute atomic E-state index is 0.448. The summed E-state index contributed by atoms with van der Waals surface area (Å²) in [7, 11) is -8.39. The molecule has 0 bridgehead atoms. The molecule has 0 aromatic carbocycles. The summed E-state index contributed by atoms with van der Waals surface area (Å²) in [6.07, 6.45) is 0. The zero-order chi connectivity index (χ0) is 11.6. The first-order chi connectivity index (χ1) is 6.19. The van der Waals surface area contributed by atoms with Gasteiger partial charge in [0.15, 0.2) is 0 Å². The first-order valence-electron chi connectivity index (χ1n) is 3.34. The Hall–Kier alpha value is -1.08. The van der Waals surface area contributed by atoms with Gasteiger partial charge in [-0.3, -0.25) is 0 Å². The van der Waals surface area contributed by atoms with E-state index in [4.69, 9.17) is 5.11 Å². The van der Waals surface area contributed by atoms with E-state index in [1.807, 2.05) is 0 Å². The van der Waals surface area contributed by atoms with Gasteiger partial charge in [0.25, 0.3) is 0 Å². The number of aliphatic hydroxyl groups is 1. The summed E-state index contributed by atoms with van der Waals surface area (Å²) in [5.41, 5.74) is 0. The molecule has 0 fully saturated rings. The molecule has 0 radical (unpaired) electrons. The van der Waals surface area contributed by atoms with Crippen LogP contribution < -0.4 is 0 Å². The Morgan fingerprint density at radius 1 is 1.07 bits per heavy atom. The second kappa shape index (κ2) is 3.97. The Labute approximate surface area is 82.9 Å². The third kappa shape index (κ3) is 2.46. The Balaban J connectivity index is 6.10. The van der Waals surface area contributed by atoms with E-state index < -0.39 is 29.7 Å². The van der Waals surface area contributed by atoms with Crippen molar-refractivity contribution in [3.05, 3.63) is 34.0 Å². The van der Waals surface area contributed by atoms with Gasteiger partial charge in [-0.25, -0.2) is 16.8 Å². The van der Waals surface area contributed by atoms with Gasteiger partial charge >= 0.3 is 0 Å². The maximum absolute atomic E-state index is 11.2. The summed E-state index contributed by atoms with van der Waals surface area (Å²) in [6.45, 7) is 6.86. The second-order valence-electron chi connectivity index (χ2n) is 2.30. The van der Waals surface area contributed by atoms with Gasteiger partial charge in [-0.05, 0) is 6.92 Å². The molecule has 0 aromatic rings. The molecule has 0 saturated heterocycles.